The van der Waals surface area contributed by atoms with Crippen LogP contribution in [0.25, 0.3) is 11.4 Å². The summed E-state index contributed by atoms with van der Waals surface area (Å²) in [7, 11) is 0. The van der Waals surface area contributed by atoms with E-state index in [1.807, 2.05) is 12.1 Å². The van der Waals surface area contributed by atoms with Gasteiger partial charge in [0.2, 0.25) is 5.91 Å². The lowest BCUT2D eigenvalue weighted by molar-refractivity contribution is -0.113. The van der Waals surface area contributed by atoms with E-state index in [4.69, 9.17) is 4.52 Å². The summed E-state index contributed by atoms with van der Waals surface area (Å²) in [4.78, 5) is 16.4. The van der Waals surface area contributed by atoms with Crippen LogP contribution in [-0.2, 0) is 4.79 Å². The molecule has 0 unspecified atom stereocenters. The van der Waals surface area contributed by atoms with Crippen molar-refractivity contribution in [2.75, 3.05) is 11.1 Å². The van der Waals surface area contributed by atoms with Gasteiger partial charge in [-0.15, -0.1) is 10.2 Å². The van der Waals surface area contributed by atoms with Crippen LogP contribution in [0.2, 0.25) is 0 Å². The molecule has 1 saturated carbocycles. The fourth-order valence-corrected chi connectivity index (χ4v) is 4.28. The van der Waals surface area contributed by atoms with Crippen molar-refractivity contribution in [3.63, 3.8) is 0 Å². The molecule has 146 valence electrons. The van der Waals surface area contributed by atoms with Crippen molar-refractivity contribution < 1.29 is 9.32 Å². The molecule has 3 aromatic heterocycles. The predicted molar refractivity (Wildman–Crippen MR) is 106 cm³/mol. The van der Waals surface area contributed by atoms with Gasteiger partial charge in [0.15, 0.2) is 16.8 Å². The normalized spacial score (nSPS) is 14.9. The molecule has 0 spiro atoms. The van der Waals surface area contributed by atoms with E-state index >= 15 is 0 Å². The molecule has 1 fully saturated rings. The van der Waals surface area contributed by atoms with Crippen molar-refractivity contribution in [3.05, 3.63) is 36.4 Å². The van der Waals surface area contributed by atoms with E-state index in [0.29, 0.717) is 17.6 Å². The van der Waals surface area contributed by atoms with Gasteiger partial charge < -0.3 is 9.84 Å². The third kappa shape index (κ3) is 4.24. The number of carbonyl (C=O) groups excluding carboxylic acids is 1. The number of aromatic nitrogens is 5. The summed E-state index contributed by atoms with van der Waals surface area (Å²) < 4.78 is 7.18. The molecule has 0 saturated heterocycles. The Bertz CT molecular complexity index is 933. The van der Waals surface area contributed by atoms with Crippen molar-refractivity contribution in [2.45, 2.75) is 50.2 Å². The summed E-state index contributed by atoms with van der Waals surface area (Å²) in [5, 5.41) is 16.1. The van der Waals surface area contributed by atoms with E-state index < -0.39 is 0 Å². The molecule has 0 bridgehead atoms. The number of thioether (sulfide) groups is 1. The number of hydrogen-bond donors (Lipinski definition) is 1. The molecule has 1 aliphatic carbocycles. The summed E-state index contributed by atoms with van der Waals surface area (Å²) in [6, 6.07) is 5.93. The molecule has 1 aliphatic rings. The van der Waals surface area contributed by atoms with Gasteiger partial charge in [0.1, 0.15) is 5.76 Å². The number of nitrogens with zero attached hydrogens (tertiary/aromatic N) is 5. The Labute approximate surface area is 167 Å². The van der Waals surface area contributed by atoms with E-state index in [-0.39, 0.29) is 11.7 Å². The molecular formula is C19H22N6O2S. The van der Waals surface area contributed by atoms with Gasteiger partial charge in [0, 0.05) is 30.1 Å². The van der Waals surface area contributed by atoms with Crippen LogP contribution in [0.4, 0.5) is 5.82 Å². The molecule has 0 aliphatic heterocycles. The summed E-state index contributed by atoms with van der Waals surface area (Å²) in [6.07, 6.45) is 9.40. The van der Waals surface area contributed by atoms with Crippen LogP contribution in [0.1, 0.15) is 43.9 Å². The fourth-order valence-electron chi connectivity index (χ4n) is 3.48. The van der Waals surface area contributed by atoms with Gasteiger partial charge in [-0.25, -0.2) is 0 Å². The third-order valence-corrected chi connectivity index (χ3v) is 5.71. The van der Waals surface area contributed by atoms with Gasteiger partial charge in [-0.3, -0.25) is 14.3 Å². The van der Waals surface area contributed by atoms with Crippen LogP contribution in [0.15, 0.2) is 40.3 Å². The zero-order chi connectivity index (χ0) is 19.3. The zero-order valence-corrected chi connectivity index (χ0v) is 16.5. The molecule has 9 heteroatoms. The van der Waals surface area contributed by atoms with Crippen molar-refractivity contribution >= 4 is 23.5 Å². The third-order valence-electron chi connectivity index (χ3n) is 4.77. The summed E-state index contributed by atoms with van der Waals surface area (Å²) >= 11 is 1.39. The molecule has 3 heterocycles. The molecule has 0 radical (unpaired) electrons. The number of hydrogen-bond acceptors (Lipinski definition) is 7. The minimum absolute atomic E-state index is 0.151. The quantitative estimate of drug-likeness (QED) is 0.629. The second kappa shape index (κ2) is 8.55. The highest BCUT2D eigenvalue weighted by molar-refractivity contribution is 7.99. The first-order chi connectivity index (χ1) is 13.7. The average molecular weight is 398 g/mol. The lowest BCUT2D eigenvalue weighted by Crippen LogP contribution is -2.17. The maximum Gasteiger partial charge on any atom is 0.236 e. The van der Waals surface area contributed by atoms with E-state index in [1.165, 1.54) is 31.0 Å². The Morgan fingerprint density at radius 1 is 1.25 bits per heavy atom. The average Bonchev–Trinajstić information content (AvgIpc) is 3.33. The minimum Gasteiger partial charge on any atom is -0.360 e. The Hall–Kier alpha value is -2.68. The number of amides is 1. The first-order valence-electron chi connectivity index (χ1n) is 9.42. The second-order valence-corrected chi connectivity index (χ2v) is 7.81. The Morgan fingerprint density at radius 2 is 2.04 bits per heavy atom. The number of rotatable bonds is 6. The smallest absolute Gasteiger partial charge is 0.236 e. The fraction of sp³-hybridized carbons (Fsp3) is 0.421. The lowest BCUT2D eigenvalue weighted by Gasteiger charge is -2.25. The van der Waals surface area contributed by atoms with Crippen molar-refractivity contribution in [2.24, 2.45) is 0 Å². The van der Waals surface area contributed by atoms with E-state index in [9.17, 15) is 4.79 Å². The summed E-state index contributed by atoms with van der Waals surface area (Å²) in [5.41, 5.74) is 0.988. The van der Waals surface area contributed by atoms with Gasteiger partial charge in [-0.1, -0.05) is 36.2 Å². The number of anilines is 1. The Balaban J connectivity index is 1.52. The van der Waals surface area contributed by atoms with Crippen LogP contribution in [0.5, 0.6) is 0 Å². The topological polar surface area (TPSA) is 98.7 Å². The molecule has 1 N–H and O–H groups in total. The van der Waals surface area contributed by atoms with Crippen LogP contribution in [0.3, 0.4) is 0 Å². The highest BCUT2D eigenvalue weighted by Crippen LogP contribution is 2.35. The van der Waals surface area contributed by atoms with Gasteiger partial charge >= 0.3 is 0 Å². The zero-order valence-electron chi connectivity index (χ0n) is 15.7. The molecule has 28 heavy (non-hydrogen) atoms. The number of aryl methyl sites for hydroxylation is 1. The monoisotopic (exact) mass is 398 g/mol. The number of carbonyl (C=O) groups is 1. The summed E-state index contributed by atoms with van der Waals surface area (Å²) in [6.45, 7) is 1.78. The van der Waals surface area contributed by atoms with Crippen LogP contribution in [0, 0.1) is 6.92 Å². The molecule has 1 amide bonds. The highest BCUT2D eigenvalue weighted by atomic mass is 32.2. The van der Waals surface area contributed by atoms with Crippen LogP contribution in [-0.4, -0.2) is 36.6 Å². The van der Waals surface area contributed by atoms with Gasteiger partial charge in [0.25, 0.3) is 0 Å². The number of pyridine rings is 1. The molecular weight excluding hydrogens is 376 g/mol. The highest BCUT2D eigenvalue weighted by Gasteiger charge is 2.24. The SMILES string of the molecule is Cc1cc(NC(=O)CSc2nnc(-c3ccncc3)n2C2CCCCC2)no1. The van der Waals surface area contributed by atoms with E-state index in [1.54, 1.807) is 25.4 Å². The molecule has 0 aromatic carbocycles. The maximum absolute atomic E-state index is 12.3. The largest absolute Gasteiger partial charge is 0.360 e. The standard InChI is InChI=1S/C19H22N6O2S/c1-13-11-16(24-27-13)21-17(26)12-28-19-23-22-18(14-7-9-20-10-8-14)25(19)15-5-3-2-4-6-15/h7-11,15H,2-6,12H2,1H3,(H,21,24,26). The minimum atomic E-state index is -0.151. The molecule has 3 aromatic rings. The van der Waals surface area contributed by atoms with Gasteiger partial charge in [-0.05, 0) is 31.9 Å². The van der Waals surface area contributed by atoms with Crippen molar-refractivity contribution in [1.82, 2.24) is 24.9 Å². The first-order valence-corrected chi connectivity index (χ1v) is 10.4. The van der Waals surface area contributed by atoms with Gasteiger partial charge in [-0.2, -0.15) is 0 Å². The lowest BCUT2D eigenvalue weighted by atomic mass is 9.95. The van der Waals surface area contributed by atoms with Crippen LogP contribution < -0.4 is 5.32 Å². The molecule has 8 nitrogen and oxygen atoms in total. The second-order valence-electron chi connectivity index (χ2n) is 6.86. The van der Waals surface area contributed by atoms with Crippen molar-refractivity contribution in [1.29, 1.82) is 0 Å². The number of nitrogens with one attached hydrogen (secondary N) is 1. The Morgan fingerprint density at radius 3 is 2.75 bits per heavy atom. The van der Waals surface area contributed by atoms with Gasteiger partial charge in [0.05, 0.1) is 5.75 Å². The Kier molecular flexibility index (Phi) is 5.70. The van der Waals surface area contributed by atoms with Crippen LogP contribution >= 0.6 is 11.8 Å². The van der Waals surface area contributed by atoms with E-state index in [2.05, 4.69) is 30.2 Å². The van der Waals surface area contributed by atoms with Crippen molar-refractivity contribution in [3.8, 4) is 11.4 Å². The maximum atomic E-state index is 12.3. The summed E-state index contributed by atoms with van der Waals surface area (Å²) in [5.74, 6) is 2.00. The predicted octanol–water partition coefficient (Wildman–Crippen LogP) is 3.87. The van der Waals surface area contributed by atoms with E-state index in [0.717, 1.165) is 29.4 Å². The molecule has 0 atom stereocenters. The first kappa shape index (κ1) is 18.7. The molecule has 4 rings (SSSR count).